The molecule has 0 spiro atoms. The van der Waals surface area contributed by atoms with Crippen molar-refractivity contribution in [2.75, 3.05) is 7.11 Å². The van der Waals surface area contributed by atoms with Crippen LogP contribution in [0.3, 0.4) is 0 Å². The van der Waals surface area contributed by atoms with E-state index in [-0.39, 0.29) is 11.3 Å². The second-order valence-electron chi connectivity index (χ2n) is 2.44. The van der Waals surface area contributed by atoms with E-state index < -0.39 is 5.97 Å². The summed E-state index contributed by atoms with van der Waals surface area (Å²) in [5, 5.41) is 15.6. The van der Waals surface area contributed by atoms with Gasteiger partial charge in [0.2, 0.25) is 0 Å². The van der Waals surface area contributed by atoms with Crippen molar-refractivity contribution in [1.29, 1.82) is 0 Å². The lowest BCUT2D eigenvalue weighted by Crippen LogP contribution is -1.99. The number of carbonyl (C=O) groups excluding carboxylic acids is 1. The number of hydrogen-bond acceptors (Lipinski definition) is 3. The first-order chi connectivity index (χ1) is 6.61. The highest BCUT2D eigenvalue weighted by atomic mass is 16.4. The van der Waals surface area contributed by atoms with Gasteiger partial charge in [-0.05, 0) is 19.1 Å². The minimum absolute atomic E-state index is 0.127. The van der Waals surface area contributed by atoms with E-state index in [1.165, 1.54) is 19.1 Å². The lowest BCUT2D eigenvalue weighted by Gasteiger charge is -1.96. The summed E-state index contributed by atoms with van der Waals surface area (Å²) in [4.78, 5) is 21.3. The molecule has 0 aliphatic heterocycles. The molecule has 0 amide bonds. The van der Waals surface area contributed by atoms with Gasteiger partial charge in [-0.2, -0.15) is 0 Å². The van der Waals surface area contributed by atoms with Crippen molar-refractivity contribution in [3.05, 3.63) is 35.4 Å². The van der Waals surface area contributed by atoms with Crippen molar-refractivity contribution in [3.63, 3.8) is 0 Å². The number of carbonyl (C=O) groups is 2. The minimum atomic E-state index is -1.02. The molecule has 0 aliphatic rings. The SMILES string of the molecule is CC(=O)c1cccc(C(=O)O)c1.CO. The Morgan fingerprint density at radius 2 is 1.64 bits per heavy atom. The molecule has 76 valence electrons. The van der Waals surface area contributed by atoms with Crippen LogP contribution in [0.15, 0.2) is 24.3 Å². The highest BCUT2D eigenvalue weighted by Gasteiger charge is 2.04. The molecule has 0 fully saturated rings. The summed E-state index contributed by atoms with van der Waals surface area (Å²) in [5.74, 6) is -1.14. The molecule has 4 heteroatoms. The van der Waals surface area contributed by atoms with Crippen molar-refractivity contribution in [1.82, 2.24) is 0 Å². The van der Waals surface area contributed by atoms with Crippen LogP contribution >= 0.6 is 0 Å². The molecule has 0 radical (unpaired) electrons. The van der Waals surface area contributed by atoms with Crippen LogP contribution in [-0.4, -0.2) is 29.1 Å². The largest absolute Gasteiger partial charge is 0.478 e. The monoisotopic (exact) mass is 196 g/mol. The van der Waals surface area contributed by atoms with E-state index in [1.54, 1.807) is 12.1 Å². The fourth-order valence-corrected chi connectivity index (χ4v) is 0.871. The van der Waals surface area contributed by atoms with E-state index in [1.807, 2.05) is 0 Å². The number of ketones is 1. The van der Waals surface area contributed by atoms with Gasteiger partial charge in [-0.15, -0.1) is 0 Å². The van der Waals surface area contributed by atoms with Gasteiger partial charge in [0, 0.05) is 12.7 Å². The van der Waals surface area contributed by atoms with Crippen molar-refractivity contribution in [2.45, 2.75) is 6.92 Å². The maximum Gasteiger partial charge on any atom is 0.335 e. The van der Waals surface area contributed by atoms with E-state index in [0.717, 1.165) is 7.11 Å². The number of aliphatic hydroxyl groups is 1. The van der Waals surface area contributed by atoms with Gasteiger partial charge in [0.25, 0.3) is 0 Å². The third-order valence-corrected chi connectivity index (χ3v) is 1.52. The number of rotatable bonds is 2. The van der Waals surface area contributed by atoms with Crippen LogP contribution in [0, 0.1) is 0 Å². The molecule has 0 aliphatic carbocycles. The first-order valence-electron chi connectivity index (χ1n) is 3.90. The third-order valence-electron chi connectivity index (χ3n) is 1.52. The van der Waals surface area contributed by atoms with Crippen molar-refractivity contribution < 1.29 is 19.8 Å². The smallest absolute Gasteiger partial charge is 0.335 e. The van der Waals surface area contributed by atoms with E-state index >= 15 is 0 Å². The molecule has 0 atom stereocenters. The lowest BCUT2D eigenvalue weighted by atomic mass is 10.1. The van der Waals surface area contributed by atoms with Gasteiger partial charge in [0.15, 0.2) is 5.78 Å². The standard InChI is InChI=1S/C9H8O3.CH4O/c1-6(10)7-3-2-4-8(5-7)9(11)12;1-2/h2-5H,1H3,(H,11,12);2H,1H3. The summed E-state index contributed by atoms with van der Waals surface area (Å²) in [6.07, 6.45) is 0. The fourth-order valence-electron chi connectivity index (χ4n) is 0.871. The molecule has 1 rings (SSSR count). The van der Waals surface area contributed by atoms with Crippen LogP contribution in [0.1, 0.15) is 27.6 Å². The summed E-state index contributed by atoms with van der Waals surface area (Å²) in [6.45, 7) is 1.40. The van der Waals surface area contributed by atoms with Gasteiger partial charge in [0.1, 0.15) is 0 Å². The number of aliphatic hydroxyl groups excluding tert-OH is 1. The average molecular weight is 196 g/mol. The molecule has 0 saturated carbocycles. The van der Waals surface area contributed by atoms with Gasteiger partial charge < -0.3 is 10.2 Å². The van der Waals surface area contributed by atoms with Crippen molar-refractivity contribution >= 4 is 11.8 Å². The average Bonchev–Trinajstić information content (AvgIpc) is 2.21. The van der Waals surface area contributed by atoms with Crippen molar-refractivity contribution in [2.24, 2.45) is 0 Å². The molecule has 1 aromatic carbocycles. The second kappa shape index (κ2) is 5.88. The van der Waals surface area contributed by atoms with Gasteiger partial charge in [-0.3, -0.25) is 4.79 Å². The molecule has 0 bridgehead atoms. The molecular formula is C10H12O4. The van der Waals surface area contributed by atoms with Crippen LogP contribution in [0.5, 0.6) is 0 Å². The highest BCUT2D eigenvalue weighted by Crippen LogP contribution is 2.05. The predicted octanol–water partition coefficient (Wildman–Crippen LogP) is 1.20. The number of hydrogen-bond donors (Lipinski definition) is 2. The fraction of sp³-hybridized carbons (Fsp3) is 0.200. The van der Waals surface area contributed by atoms with Gasteiger partial charge in [-0.25, -0.2) is 4.79 Å². The topological polar surface area (TPSA) is 74.6 Å². The minimum Gasteiger partial charge on any atom is -0.478 e. The summed E-state index contributed by atoms with van der Waals surface area (Å²) >= 11 is 0. The molecule has 0 heterocycles. The van der Waals surface area contributed by atoms with Gasteiger partial charge in [-0.1, -0.05) is 12.1 Å². The third kappa shape index (κ3) is 3.37. The first kappa shape index (κ1) is 12.3. The molecule has 4 nitrogen and oxygen atoms in total. The van der Waals surface area contributed by atoms with Crippen LogP contribution in [0.4, 0.5) is 0 Å². The van der Waals surface area contributed by atoms with Crippen LogP contribution in [-0.2, 0) is 0 Å². The molecule has 2 N–H and O–H groups in total. The molecular weight excluding hydrogens is 184 g/mol. The Labute approximate surface area is 81.8 Å². The Kier molecular flexibility index (Phi) is 5.17. The van der Waals surface area contributed by atoms with Gasteiger partial charge >= 0.3 is 5.97 Å². The van der Waals surface area contributed by atoms with E-state index in [9.17, 15) is 9.59 Å². The van der Waals surface area contributed by atoms with Crippen LogP contribution in [0.2, 0.25) is 0 Å². The quantitative estimate of drug-likeness (QED) is 0.697. The summed E-state index contributed by atoms with van der Waals surface area (Å²) in [6, 6.07) is 5.97. The number of carboxylic acids is 1. The maximum absolute atomic E-state index is 10.8. The summed E-state index contributed by atoms with van der Waals surface area (Å²) in [5.41, 5.74) is 0.567. The maximum atomic E-state index is 10.8. The molecule has 0 unspecified atom stereocenters. The molecule has 0 saturated heterocycles. The van der Waals surface area contributed by atoms with Gasteiger partial charge in [0.05, 0.1) is 5.56 Å². The zero-order chi connectivity index (χ0) is 11.1. The normalized spacial score (nSPS) is 8.50. The Hall–Kier alpha value is -1.68. The van der Waals surface area contributed by atoms with E-state index in [4.69, 9.17) is 10.2 Å². The van der Waals surface area contributed by atoms with E-state index in [0.29, 0.717) is 5.56 Å². The Morgan fingerprint density at radius 1 is 1.14 bits per heavy atom. The molecule has 0 aromatic heterocycles. The predicted molar refractivity (Wildman–Crippen MR) is 51.5 cm³/mol. The summed E-state index contributed by atoms with van der Waals surface area (Å²) < 4.78 is 0. The highest BCUT2D eigenvalue weighted by molar-refractivity contribution is 5.97. The summed E-state index contributed by atoms with van der Waals surface area (Å²) in [7, 11) is 1.00. The number of aromatic carboxylic acids is 1. The zero-order valence-corrected chi connectivity index (χ0v) is 8.02. The first-order valence-corrected chi connectivity index (χ1v) is 3.90. The molecule has 14 heavy (non-hydrogen) atoms. The number of benzene rings is 1. The Balaban J connectivity index is 0.000000791. The number of Topliss-reactive ketones (excluding diaryl/α,β-unsaturated/α-hetero) is 1. The van der Waals surface area contributed by atoms with Crippen LogP contribution in [0.25, 0.3) is 0 Å². The second-order valence-corrected chi connectivity index (χ2v) is 2.44. The zero-order valence-electron chi connectivity index (χ0n) is 8.02. The van der Waals surface area contributed by atoms with Crippen LogP contribution < -0.4 is 0 Å². The lowest BCUT2D eigenvalue weighted by molar-refractivity contribution is 0.0697. The number of carboxylic acid groups (broad SMARTS) is 1. The van der Waals surface area contributed by atoms with E-state index in [2.05, 4.69) is 0 Å². The van der Waals surface area contributed by atoms with Crippen molar-refractivity contribution in [3.8, 4) is 0 Å². The molecule has 1 aromatic rings. The Morgan fingerprint density at radius 3 is 2.07 bits per heavy atom. The Bertz CT molecular complexity index is 301.